The summed E-state index contributed by atoms with van der Waals surface area (Å²) in [5.74, 6) is 0.0790. The predicted octanol–water partition coefficient (Wildman–Crippen LogP) is 2.78. The number of hydrogen-bond acceptors (Lipinski definition) is 3. The van der Waals surface area contributed by atoms with Crippen LogP contribution in [0.25, 0.3) is 0 Å². The fourth-order valence-corrected chi connectivity index (χ4v) is 2.30. The van der Waals surface area contributed by atoms with E-state index in [9.17, 15) is 4.79 Å². The Morgan fingerprint density at radius 1 is 1.18 bits per heavy atom. The quantitative estimate of drug-likeness (QED) is 0.692. The van der Waals surface area contributed by atoms with E-state index in [2.05, 4.69) is 59.5 Å². The monoisotopic (exact) mass is 369 g/mol. The van der Waals surface area contributed by atoms with Crippen molar-refractivity contribution >= 4 is 21.8 Å². The van der Waals surface area contributed by atoms with E-state index in [1.54, 1.807) is 0 Å². The zero-order valence-corrected chi connectivity index (χ0v) is 15.7. The van der Waals surface area contributed by atoms with Gasteiger partial charge >= 0.3 is 0 Å². The van der Waals surface area contributed by atoms with Gasteiger partial charge in [-0.2, -0.15) is 0 Å². The van der Waals surface area contributed by atoms with Gasteiger partial charge in [0.15, 0.2) is 0 Å². The molecule has 5 heteroatoms. The maximum absolute atomic E-state index is 11.9. The van der Waals surface area contributed by atoms with E-state index < -0.39 is 0 Å². The van der Waals surface area contributed by atoms with E-state index in [1.165, 1.54) is 5.56 Å². The third kappa shape index (κ3) is 9.18. The summed E-state index contributed by atoms with van der Waals surface area (Å²) in [7, 11) is 1.96. The van der Waals surface area contributed by atoms with E-state index in [-0.39, 0.29) is 11.4 Å². The minimum absolute atomic E-state index is 0.0790. The first-order valence-electron chi connectivity index (χ1n) is 7.71. The first kappa shape index (κ1) is 19.1. The van der Waals surface area contributed by atoms with E-state index >= 15 is 0 Å². The number of benzene rings is 1. The van der Waals surface area contributed by atoms with Gasteiger partial charge in [0.2, 0.25) is 5.91 Å². The van der Waals surface area contributed by atoms with Gasteiger partial charge in [-0.3, -0.25) is 9.69 Å². The molecular weight excluding hydrogens is 342 g/mol. The fraction of sp³-hybridized carbons (Fsp3) is 0.588. The lowest BCUT2D eigenvalue weighted by Gasteiger charge is -2.20. The third-order valence-electron chi connectivity index (χ3n) is 3.11. The summed E-state index contributed by atoms with van der Waals surface area (Å²) in [5, 5.41) is 6.37. The lowest BCUT2D eigenvalue weighted by molar-refractivity contribution is -0.122. The molecule has 1 aromatic rings. The lowest BCUT2D eigenvalue weighted by Crippen LogP contribution is -2.39. The third-order valence-corrected chi connectivity index (χ3v) is 3.64. The highest BCUT2D eigenvalue weighted by atomic mass is 79.9. The minimum Gasteiger partial charge on any atom is -0.355 e. The second-order valence-electron chi connectivity index (χ2n) is 6.68. The molecule has 0 aliphatic heterocycles. The van der Waals surface area contributed by atoms with Crippen LogP contribution >= 0.6 is 15.9 Å². The summed E-state index contributed by atoms with van der Waals surface area (Å²) in [6, 6.07) is 8.17. The van der Waals surface area contributed by atoms with Crippen LogP contribution < -0.4 is 10.6 Å². The van der Waals surface area contributed by atoms with Crippen molar-refractivity contribution in [3.8, 4) is 0 Å². The van der Waals surface area contributed by atoms with Crippen LogP contribution in [0.2, 0.25) is 0 Å². The Morgan fingerprint density at radius 3 is 2.41 bits per heavy atom. The molecule has 0 aliphatic carbocycles. The second-order valence-corrected chi connectivity index (χ2v) is 7.59. The SMILES string of the molecule is CN(CC(=O)NCCCNC(C)(C)C)Cc1ccc(Br)cc1. The Kier molecular flexibility index (Phi) is 8.07. The minimum atomic E-state index is 0.0790. The van der Waals surface area contributed by atoms with E-state index in [0.29, 0.717) is 13.1 Å². The molecule has 0 aromatic heterocycles. The number of rotatable bonds is 8. The number of carbonyl (C=O) groups excluding carboxylic acids is 1. The van der Waals surface area contributed by atoms with Gasteiger partial charge in [-0.25, -0.2) is 0 Å². The van der Waals surface area contributed by atoms with Gasteiger partial charge in [0.25, 0.3) is 0 Å². The molecule has 0 atom stereocenters. The van der Waals surface area contributed by atoms with Gasteiger partial charge in [0.05, 0.1) is 6.54 Å². The molecule has 0 heterocycles. The normalized spacial score (nSPS) is 11.7. The Labute approximate surface area is 142 Å². The van der Waals surface area contributed by atoms with Crippen LogP contribution in [0.3, 0.4) is 0 Å². The van der Waals surface area contributed by atoms with Crippen LogP contribution in [0.1, 0.15) is 32.8 Å². The number of likely N-dealkylation sites (N-methyl/N-ethyl adjacent to an activating group) is 1. The highest BCUT2D eigenvalue weighted by Crippen LogP contribution is 2.11. The molecule has 0 fully saturated rings. The molecule has 0 spiro atoms. The van der Waals surface area contributed by atoms with E-state index in [4.69, 9.17) is 0 Å². The molecule has 0 saturated heterocycles. The highest BCUT2D eigenvalue weighted by Gasteiger charge is 2.09. The van der Waals surface area contributed by atoms with Crippen molar-refractivity contribution in [2.75, 3.05) is 26.7 Å². The maximum Gasteiger partial charge on any atom is 0.234 e. The van der Waals surface area contributed by atoms with Gasteiger partial charge in [0.1, 0.15) is 0 Å². The van der Waals surface area contributed by atoms with Gasteiger partial charge < -0.3 is 10.6 Å². The average Bonchev–Trinajstić information content (AvgIpc) is 2.39. The van der Waals surface area contributed by atoms with Crippen LogP contribution in [0.15, 0.2) is 28.7 Å². The predicted molar refractivity (Wildman–Crippen MR) is 95.9 cm³/mol. The number of carbonyl (C=O) groups is 1. The average molecular weight is 370 g/mol. The molecule has 0 bridgehead atoms. The van der Waals surface area contributed by atoms with Crippen LogP contribution in [0.4, 0.5) is 0 Å². The number of hydrogen-bond donors (Lipinski definition) is 2. The standard InChI is InChI=1S/C17H28BrN3O/c1-17(2,3)20-11-5-10-19-16(22)13-21(4)12-14-6-8-15(18)9-7-14/h6-9,20H,5,10-13H2,1-4H3,(H,19,22). The summed E-state index contributed by atoms with van der Waals surface area (Å²) in [6.07, 6.45) is 0.944. The molecule has 4 nitrogen and oxygen atoms in total. The topological polar surface area (TPSA) is 44.4 Å². The zero-order valence-electron chi connectivity index (χ0n) is 14.1. The summed E-state index contributed by atoms with van der Waals surface area (Å²) in [4.78, 5) is 13.9. The van der Waals surface area contributed by atoms with Gasteiger partial charge in [-0.1, -0.05) is 28.1 Å². The molecule has 0 aliphatic rings. The van der Waals surface area contributed by atoms with Crippen LogP contribution in [-0.4, -0.2) is 43.0 Å². The first-order chi connectivity index (χ1) is 10.3. The number of nitrogens with one attached hydrogen (secondary N) is 2. The molecule has 0 saturated carbocycles. The molecule has 2 N–H and O–H groups in total. The molecular formula is C17H28BrN3O. The Morgan fingerprint density at radius 2 is 1.82 bits per heavy atom. The summed E-state index contributed by atoms with van der Waals surface area (Å²) >= 11 is 3.42. The van der Waals surface area contributed by atoms with E-state index in [0.717, 1.165) is 24.0 Å². The number of halogens is 1. The number of amides is 1. The Bertz CT molecular complexity index is 454. The summed E-state index contributed by atoms with van der Waals surface area (Å²) in [5.41, 5.74) is 1.34. The van der Waals surface area contributed by atoms with Gasteiger partial charge in [0, 0.05) is 23.1 Å². The van der Waals surface area contributed by atoms with Crippen molar-refractivity contribution in [3.05, 3.63) is 34.3 Å². The van der Waals surface area contributed by atoms with Gasteiger partial charge in [-0.05, 0) is 58.5 Å². The van der Waals surface area contributed by atoms with Crippen molar-refractivity contribution < 1.29 is 4.79 Å². The van der Waals surface area contributed by atoms with Crippen molar-refractivity contribution in [1.29, 1.82) is 0 Å². The van der Waals surface area contributed by atoms with Crippen molar-refractivity contribution in [1.82, 2.24) is 15.5 Å². The smallest absolute Gasteiger partial charge is 0.234 e. The van der Waals surface area contributed by atoms with Crippen LogP contribution in [0, 0.1) is 0 Å². The fourth-order valence-electron chi connectivity index (χ4n) is 2.04. The molecule has 1 aromatic carbocycles. The van der Waals surface area contributed by atoms with Crippen molar-refractivity contribution in [2.24, 2.45) is 0 Å². The maximum atomic E-state index is 11.9. The Balaban J connectivity index is 2.17. The highest BCUT2D eigenvalue weighted by molar-refractivity contribution is 9.10. The molecule has 1 rings (SSSR count). The molecule has 1 amide bonds. The first-order valence-corrected chi connectivity index (χ1v) is 8.50. The zero-order chi connectivity index (χ0) is 16.6. The summed E-state index contributed by atoms with van der Waals surface area (Å²) < 4.78 is 1.07. The lowest BCUT2D eigenvalue weighted by atomic mass is 10.1. The van der Waals surface area contributed by atoms with Crippen LogP contribution in [0.5, 0.6) is 0 Å². The van der Waals surface area contributed by atoms with Crippen LogP contribution in [-0.2, 0) is 11.3 Å². The molecule has 124 valence electrons. The number of nitrogens with zero attached hydrogens (tertiary/aromatic N) is 1. The van der Waals surface area contributed by atoms with Gasteiger partial charge in [-0.15, -0.1) is 0 Å². The van der Waals surface area contributed by atoms with Crippen molar-refractivity contribution in [3.63, 3.8) is 0 Å². The molecule has 0 unspecified atom stereocenters. The van der Waals surface area contributed by atoms with E-state index in [1.807, 2.05) is 24.1 Å². The Hall–Kier alpha value is -0.910. The molecule has 22 heavy (non-hydrogen) atoms. The van der Waals surface area contributed by atoms with Crippen molar-refractivity contribution in [2.45, 2.75) is 39.3 Å². The second kappa shape index (κ2) is 9.28. The summed E-state index contributed by atoms with van der Waals surface area (Å²) in [6.45, 7) is 9.25. The largest absolute Gasteiger partial charge is 0.355 e. The molecule has 0 radical (unpaired) electrons.